The fourth-order valence-electron chi connectivity index (χ4n) is 3.19. The van der Waals surface area contributed by atoms with Crippen molar-refractivity contribution in [3.63, 3.8) is 0 Å². The highest BCUT2D eigenvalue weighted by molar-refractivity contribution is 5.96. The number of carbonyl (C=O) groups excluding carboxylic acids is 1. The van der Waals surface area contributed by atoms with Crippen LogP contribution in [-0.4, -0.2) is 47.4 Å². The van der Waals surface area contributed by atoms with Crippen molar-refractivity contribution in [3.8, 4) is 17.0 Å². The number of carbonyl (C=O) groups is 1. The van der Waals surface area contributed by atoms with Gasteiger partial charge in [0.2, 0.25) is 0 Å². The topological polar surface area (TPSA) is 93.6 Å². The highest BCUT2D eigenvalue weighted by atomic mass is 16.5. The van der Waals surface area contributed by atoms with Crippen LogP contribution in [0, 0.1) is 13.8 Å². The fourth-order valence-corrected chi connectivity index (χ4v) is 3.19. The molecule has 3 aromatic rings. The van der Waals surface area contributed by atoms with Crippen LogP contribution in [0.2, 0.25) is 0 Å². The molecule has 3 rings (SSSR count). The molecule has 2 aromatic heterocycles. The second-order valence-electron chi connectivity index (χ2n) is 7.77. The zero-order valence-corrected chi connectivity index (χ0v) is 18.8. The maximum atomic E-state index is 13.1. The molecule has 32 heavy (non-hydrogen) atoms. The molecule has 0 aliphatic rings. The van der Waals surface area contributed by atoms with Crippen LogP contribution in [0.1, 0.15) is 40.1 Å². The number of aryl methyl sites for hydroxylation is 2. The maximum Gasteiger partial charge on any atom is 0.251 e. The van der Waals surface area contributed by atoms with Crippen molar-refractivity contribution in [1.82, 2.24) is 15.3 Å². The third-order valence-electron chi connectivity index (χ3n) is 5.02. The molecule has 2 atom stereocenters. The summed E-state index contributed by atoms with van der Waals surface area (Å²) in [7, 11) is 1.54. The van der Waals surface area contributed by atoms with Crippen LogP contribution < -0.4 is 10.1 Å². The lowest BCUT2D eigenvalue weighted by Crippen LogP contribution is -2.28. The van der Waals surface area contributed by atoms with Crippen LogP contribution >= 0.6 is 0 Å². The van der Waals surface area contributed by atoms with Gasteiger partial charge in [0.1, 0.15) is 11.9 Å². The summed E-state index contributed by atoms with van der Waals surface area (Å²) in [4.78, 5) is 21.9. The Kier molecular flexibility index (Phi) is 7.92. The molecular formula is C25H29N3O4. The molecule has 0 radical (unpaired) electrons. The second kappa shape index (κ2) is 10.8. The molecule has 0 aliphatic heterocycles. The van der Waals surface area contributed by atoms with Gasteiger partial charge in [-0.1, -0.05) is 12.1 Å². The van der Waals surface area contributed by atoms with Crippen molar-refractivity contribution in [2.24, 2.45) is 0 Å². The Morgan fingerprint density at radius 1 is 1.09 bits per heavy atom. The van der Waals surface area contributed by atoms with Crippen molar-refractivity contribution < 1.29 is 19.4 Å². The van der Waals surface area contributed by atoms with Gasteiger partial charge in [0.05, 0.1) is 24.9 Å². The first-order valence-corrected chi connectivity index (χ1v) is 10.5. The second-order valence-corrected chi connectivity index (χ2v) is 7.77. The lowest BCUT2D eigenvalue weighted by atomic mass is 10.0. The van der Waals surface area contributed by atoms with Crippen molar-refractivity contribution in [3.05, 3.63) is 77.2 Å². The normalized spacial score (nSPS) is 12.8. The molecule has 1 amide bonds. The van der Waals surface area contributed by atoms with E-state index in [0.29, 0.717) is 11.3 Å². The number of nitrogens with zero attached hydrogens (tertiary/aromatic N) is 2. The van der Waals surface area contributed by atoms with Gasteiger partial charge in [0.25, 0.3) is 5.91 Å². The lowest BCUT2D eigenvalue weighted by molar-refractivity contribution is 0.0413. The lowest BCUT2D eigenvalue weighted by Gasteiger charge is -2.19. The summed E-state index contributed by atoms with van der Waals surface area (Å²) >= 11 is 0. The number of ether oxygens (including phenoxy) is 2. The van der Waals surface area contributed by atoms with E-state index in [9.17, 15) is 9.90 Å². The van der Waals surface area contributed by atoms with Gasteiger partial charge in [-0.15, -0.1) is 0 Å². The monoisotopic (exact) mass is 435 g/mol. The molecule has 0 spiro atoms. The first-order chi connectivity index (χ1) is 15.4. The van der Waals surface area contributed by atoms with Crippen LogP contribution in [0.5, 0.6) is 5.75 Å². The third-order valence-corrected chi connectivity index (χ3v) is 5.02. The van der Waals surface area contributed by atoms with Crippen LogP contribution in [-0.2, 0) is 4.74 Å². The van der Waals surface area contributed by atoms with Gasteiger partial charge in [-0.3, -0.25) is 14.8 Å². The van der Waals surface area contributed by atoms with E-state index < -0.39 is 6.10 Å². The summed E-state index contributed by atoms with van der Waals surface area (Å²) in [5.74, 6) is 0.208. The van der Waals surface area contributed by atoms with Crippen molar-refractivity contribution >= 4 is 5.91 Å². The summed E-state index contributed by atoms with van der Waals surface area (Å²) in [6, 6.07) is 12.7. The number of rotatable bonds is 9. The number of hydrogen-bond acceptors (Lipinski definition) is 6. The number of amides is 1. The van der Waals surface area contributed by atoms with Gasteiger partial charge in [0, 0.05) is 36.3 Å². The molecule has 0 saturated carbocycles. The predicted molar refractivity (Wildman–Crippen MR) is 123 cm³/mol. The number of methoxy groups -OCH3 is 1. The molecule has 7 nitrogen and oxygen atoms in total. The zero-order chi connectivity index (χ0) is 23.1. The Morgan fingerprint density at radius 2 is 1.91 bits per heavy atom. The van der Waals surface area contributed by atoms with Gasteiger partial charge in [-0.05, 0) is 62.2 Å². The van der Waals surface area contributed by atoms with E-state index in [2.05, 4.69) is 15.3 Å². The van der Waals surface area contributed by atoms with Gasteiger partial charge < -0.3 is 19.9 Å². The standard InChI is InChI=1S/C25H29N3O4/c1-16-5-8-24(27-12-16)20-9-21(11-22(10-20)32-23(14-29)15-31-4)25(30)28-18(3)19-7-6-17(2)26-13-19/h5-13,18,23,29H,14-15H2,1-4H3,(H,28,30)/t18-,23?/m1/s1. The average molecular weight is 436 g/mol. The SMILES string of the molecule is COCC(CO)Oc1cc(C(=O)N[C@H](C)c2ccc(C)nc2)cc(-c2ccc(C)cn2)c1. The average Bonchev–Trinajstić information content (AvgIpc) is 2.79. The minimum absolute atomic E-state index is 0.208. The summed E-state index contributed by atoms with van der Waals surface area (Å²) in [6.07, 6.45) is 2.99. The van der Waals surface area contributed by atoms with Crippen LogP contribution in [0.25, 0.3) is 11.3 Å². The van der Waals surface area contributed by atoms with Crippen LogP contribution in [0.4, 0.5) is 0 Å². The number of nitrogens with one attached hydrogen (secondary N) is 1. The Balaban J connectivity index is 1.90. The Hall–Kier alpha value is -3.29. The van der Waals surface area contributed by atoms with Gasteiger partial charge in [-0.2, -0.15) is 0 Å². The highest BCUT2D eigenvalue weighted by Gasteiger charge is 2.17. The Bertz CT molecular complexity index is 1040. The van der Waals surface area contributed by atoms with Gasteiger partial charge >= 0.3 is 0 Å². The molecular weight excluding hydrogens is 406 g/mol. The van der Waals surface area contributed by atoms with E-state index in [1.807, 2.05) is 45.0 Å². The Labute approximate surface area is 188 Å². The minimum atomic E-state index is -0.547. The first kappa shape index (κ1) is 23.4. The van der Waals surface area contributed by atoms with Crippen molar-refractivity contribution in [2.75, 3.05) is 20.3 Å². The molecule has 0 bridgehead atoms. The summed E-state index contributed by atoms with van der Waals surface area (Å²) in [5, 5.41) is 12.6. The number of aliphatic hydroxyl groups excluding tert-OH is 1. The largest absolute Gasteiger partial charge is 0.486 e. The minimum Gasteiger partial charge on any atom is -0.486 e. The summed E-state index contributed by atoms with van der Waals surface area (Å²) < 4.78 is 11.0. The number of benzene rings is 1. The Morgan fingerprint density at radius 3 is 2.53 bits per heavy atom. The smallest absolute Gasteiger partial charge is 0.251 e. The third kappa shape index (κ3) is 6.12. The van der Waals surface area contributed by atoms with E-state index in [1.54, 1.807) is 37.7 Å². The zero-order valence-electron chi connectivity index (χ0n) is 18.8. The van der Waals surface area contributed by atoms with E-state index in [0.717, 1.165) is 28.1 Å². The molecule has 2 heterocycles. The van der Waals surface area contributed by atoms with Crippen LogP contribution in [0.15, 0.2) is 54.9 Å². The number of aromatic nitrogens is 2. The maximum absolute atomic E-state index is 13.1. The molecule has 0 saturated heterocycles. The van der Waals surface area contributed by atoms with Crippen molar-refractivity contribution in [2.45, 2.75) is 32.9 Å². The van der Waals surface area contributed by atoms with Crippen LogP contribution in [0.3, 0.4) is 0 Å². The van der Waals surface area contributed by atoms with E-state index in [-0.39, 0.29) is 25.2 Å². The number of aliphatic hydroxyl groups is 1. The molecule has 0 fully saturated rings. The molecule has 2 N–H and O–H groups in total. The van der Waals surface area contributed by atoms with E-state index in [1.165, 1.54) is 0 Å². The van der Waals surface area contributed by atoms with E-state index >= 15 is 0 Å². The molecule has 168 valence electrons. The van der Waals surface area contributed by atoms with Gasteiger partial charge in [0.15, 0.2) is 0 Å². The summed E-state index contributed by atoms with van der Waals surface area (Å²) in [5.41, 5.74) is 4.77. The molecule has 1 aromatic carbocycles. The van der Waals surface area contributed by atoms with Gasteiger partial charge in [-0.25, -0.2) is 0 Å². The van der Waals surface area contributed by atoms with Crippen molar-refractivity contribution in [1.29, 1.82) is 0 Å². The number of hydrogen-bond donors (Lipinski definition) is 2. The highest BCUT2D eigenvalue weighted by Crippen LogP contribution is 2.26. The first-order valence-electron chi connectivity index (χ1n) is 10.5. The summed E-state index contributed by atoms with van der Waals surface area (Å²) in [6.45, 7) is 5.81. The molecule has 7 heteroatoms. The molecule has 1 unspecified atom stereocenters. The predicted octanol–water partition coefficient (Wildman–Crippen LogP) is 3.64. The van der Waals surface area contributed by atoms with E-state index in [4.69, 9.17) is 9.47 Å². The number of pyridine rings is 2. The quantitative estimate of drug-likeness (QED) is 0.533. The fraction of sp³-hybridized carbons (Fsp3) is 0.320. The molecule has 0 aliphatic carbocycles.